The third-order valence-electron chi connectivity index (χ3n) is 2.02. The predicted molar refractivity (Wildman–Crippen MR) is 48.3 cm³/mol. The highest BCUT2D eigenvalue weighted by Gasteiger charge is 2.07. The maximum atomic E-state index is 12.8. The summed E-state index contributed by atoms with van der Waals surface area (Å²) in [5.41, 5.74) is 1.32. The fourth-order valence-electron chi connectivity index (χ4n) is 1.38. The second-order valence-electron chi connectivity index (χ2n) is 2.95. The first kappa shape index (κ1) is 7.98. The first-order valence-corrected chi connectivity index (χ1v) is 3.96. The molecule has 0 bridgehead atoms. The average molecular weight is 177 g/mol. The van der Waals surface area contributed by atoms with Crippen molar-refractivity contribution in [1.82, 2.24) is 4.98 Å². The second-order valence-corrected chi connectivity index (χ2v) is 2.95. The molecule has 3 heteroatoms. The first-order chi connectivity index (χ1) is 6.18. The fourth-order valence-corrected chi connectivity index (χ4v) is 1.38. The highest BCUT2D eigenvalue weighted by molar-refractivity contribution is 6.06. The van der Waals surface area contributed by atoms with E-state index in [4.69, 9.17) is 0 Å². The monoisotopic (exact) mass is 177 g/mol. The SMILES string of the molecule is CC(=O)c1c[nH]c2ccc(F)cc12. The second kappa shape index (κ2) is 2.69. The van der Waals surface area contributed by atoms with Crippen LogP contribution in [-0.4, -0.2) is 10.8 Å². The van der Waals surface area contributed by atoms with Gasteiger partial charge >= 0.3 is 0 Å². The number of fused-ring (bicyclic) bond motifs is 1. The van der Waals surface area contributed by atoms with Gasteiger partial charge in [0.05, 0.1) is 0 Å². The van der Waals surface area contributed by atoms with Crippen LogP contribution < -0.4 is 0 Å². The van der Waals surface area contributed by atoms with Gasteiger partial charge in [0, 0.05) is 22.7 Å². The van der Waals surface area contributed by atoms with Crippen LogP contribution in [0.2, 0.25) is 0 Å². The Morgan fingerprint density at radius 3 is 2.92 bits per heavy atom. The van der Waals surface area contributed by atoms with E-state index in [0.29, 0.717) is 10.9 Å². The summed E-state index contributed by atoms with van der Waals surface area (Å²) in [6.45, 7) is 1.47. The van der Waals surface area contributed by atoms with Crippen LogP contribution in [0.25, 0.3) is 10.9 Å². The minimum atomic E-state index is -0.324. The van der Waals surface area contributed by atoms with Gasteiger partial charge in [-0.15, -0.1) is 0 Å². The Morgan fingerprint density at radius 1 is 1.46 bits per heavy atom. The van der Waals surface area contributed by atoms with Crippen molar-refractivity contribution < 1.29 is 9.18 Å². The molecule has 1 heterocycles. The van der Waals surface area contributed by atoms with Gasteiger partial charge in [-0.05, 0) is 25.1 Å². The summed E-state index contributed by atoms with van der Waals surface area (Å²) in [4.78, 5) is 14.0. The molecule has 66 valence electrons. The van der Waals surface area contributed by atoms with Crippen molar-refractivity contribution in [1.29, 1.82) is 0 Å². The summed E-state index contributed by atoms with van der Waals surface area (Å²) in [7, 11) is 0. The van der Waals surface area contributed by atoms with E-state index in [1.54, 1.807) is 12.3 Å². The van der Waals surface area contributed by atoms with Gasteiger partial charge in [0.25, 0.3) is 0 Å². The van der Waals surface area contributed by atoms with Crippen LogP contribution in [0.3, 0.4) is 0 Å². The largest absolute Gasteiger partial charge is 0.360 e. The quantitative estimate of drug-likeness (QED) is 0.667. The number of aromatic nitrogens is 1. The van der Waals surface area contributed by atoms with E-state index in [0.717, 1.165) is 5.52 Å². The van der Waals surface area contributed by atoms with Crippen LogP contribution in [0.5, 0.6) is 0 Å². The number of carbonyl (C=O) groups is 1. The Bertz CT molecular complexity index is 473. The molecule has 13 heavy (non-hydrogen) atoms. The van der Waals surface area contributed by atoms with E-state index < -0.39 is 0 Å². The van der Waals surface area contributed by atoms with Gasteiger partial charge in [-0.1, -0.05) is 0 Å². The topological polar surface area (TPSA) is 32.9 Å². The maximum absolute atomic E-state index is 12.8. The van der Waals surface area contributed by atoms with E-state index >= 15 is 0 Å². The lowest BCUT2D eigenvalue weighted by atomic mass is 10.1. The Balaban J connectivity index is 2.79. The van der Waals surface area contributed by atoms with E-state index in [9.17, 15) is 9.18 Å². The Kier molecular flexibility index (Phi) is 1.65. The molecule has 0 amide bonds. The minimum absolute atomic E-state index is 0.0585. The van der Waals surface area contributed by atoms with Gasteiger partial charge in [-0.3, -0.25) is 4.79 Å². The van der Waals surface area contributed by atoms with Crippen molar-refractivity contribution in [3.8, 4) is 0 Å². The maximum Gasteiger partial charge on any atom is 0.161 e. The Morgan fingerprint density at radius 2 is 2.23 bits per heavy atom. The summed E-state index contributed by atoms with van der Waals surface area (Å²) in [5.74, 6) is -0.383. The fraction of sp³-hybridized carbons (Fsp3) is 0.100. The highest BCUT2D eigenvalue weighted by atomic mass is 19.1. The normalized spacial score (nSPS) is 10.6. The predicted octanol–water partition coefficient (Wildman–Crippen LogP) is 2.51. The zero-order valence-electron chi connectivity index (χ0n) is 7.10. The molecule has 1 aromatic carbocycles. The third kappa shape index (κ3) is 1.22. The molecule has 0 radical (unpaired) electrons. The minimum Gasteiger partial charge on any atom is -0.360 e. The van der Waals surface area contributed by atoms with Crippen LogP contribution in [0.15, 0.2) is 24.4 Å². The lowest BCUT2D eigenvalue weighted by Gasteiger charge is -1.92. The van der Waals surface area contributed by atoms with Gasteiger partial charge in [0.1, 0.15) is 5.82 Å². The molecule has 0 aliphatic carbocycles. The molecule has 0 fully saturated rings. The van der Waals surface area contributed by atoms with Gasteiger partial charge in [-0.2, -0.15) is 0 Å². The zero-order chi connectivity index (χ0) is 9.42. The molecule has 0 saturated carbocycles. The summed E-state index contributed by atoms with van der Waals surface area (Å²) in [5, 5.41) is 0.646. The first-order valence-electron chi connectivity index (χ1n) is 3.96. The van der Waals surface area contributed by atoms with Gasteiger partial charge in [0.2, 0.25) is 0 Å². The molecule has 1 N–H and O–H groups in total. The van der Waals surface area contributed by atoms with E-state index in [1.165, 1.54) is 19.1 Å². The third-order valence-corrected chi connectivity index (χ3v) is 2.02. The van der Waals surface area contributed by atoms with Gasteiger partial charge in [0.15, 0.2) is 5.78 Å². The molecule has 0 aliphatic heterocycles. The number of Topliss-reactive ketones (excluding diaryl/α,β-unsaturated/α-hetero) is 1. The lowest BCUT2D eigenvalue weighted by Crippen LogP contribution is -1.88. The highest BCUT2D eigenvalue weighted by Crippen LogP contribution is 2.19. The molecule has 0 saturated heterocycles. The number of ketones is 1. The van der Waals surface area contributed by atoms with Crippen molar-refractivity contribution >= 4 is 16.7 Å². The van der Waals surface area contributed by atoms with Crippen LogP contribution in [0.4, 0.5) is 4.39 Å². The number of H-pyrrole nitrogens is 1. The number of carbonyl (C=O) groups excluding carboxylic acids is 1. The van der Waals surface area contributed by atoms with Crippen molar-refractivity contribution in [3.63, 3.8) is 0 Å². The molecule has 2 nitrogen and oxygen atoms in total. The lowest BCUT2D eigenvalue weighted by molar-refractivity contribution is 0.101. The molecule has 2 rings (SSSR count). The number of hydrogen-bond acceptors (Lipinski definition) is 1. The molecular formula is C10H8FNO. The number of halogens is 1. The molecule has 0 spiro atoms. The number of benzene rings is 1. The molecular weight excluding hydrogens is 169 g/mol. The van der Waals surface area contributed by atoms with Crippen molar-refractivity contribution in [2.24, 2.45) is 0 Å². The number of rotatable bonds is 1. The number of nitrogens with one attached hydrogen (secondary N) is 1. The standard InChI is InChI=1S/C10H8FNO/c1-6(13)9-5-12-10-3-2-7(11)4-8(9)10/h2-5,12H,1H3. The molecule has 1 aromatic heterocycles. The van der Waals surface area contributed by atoms with Gasteiger partial charge in [-0.25, -0.2) is 4.39 Å². The van der Waals surface area contributed by atoms with Crippen LogP contribution in [0.1, 0.15) is 17.3 Å². The molecule has 2 aromatic rings. The summed E-state index contributed by atoms with van der Waals surface area (Å²) < 4.78 is 12.8. The van der Waals surface area contributed by atoms with Gasteiger partial charge < -0.3 is 4.98 Å². The summed E-state index contributed by atoms with van der Waals surface area (Å²) in [6.07, 6.45) is 1.60. The van der Waals surface area contributed by atoms with Crippen molar-refractivity contribution in [2.45, 2.75) is 6.92 Å². The van der Waals surface area contributed by atoms with Crippen LogP contribution in [-0.2, 0) is 0 Å². The number of aromatic amines is 1. The summed E-state index contributed by atoms with van der Waals surface area (Å²) >= 11 is 0. The smallest absolute Gasteiger partial charge is 0.161 e. The van der Waals surface area contributed by atoms with Crippen molar-refractivity contribution in [3.05, 3.63) is 35.8 Å². The van der Waals surface area contributed by atoms with E-state index in [-0.39, 0.29) is 11.6 Å². The molecule has 0 aliphatic rings. The van der Waals surface area contributed by atoms with E-state index in [1.807, 2.05) is 0 Å². The average Bonchev–Trinajstić information content (AvgIpc) is 2.46. The molecule has 0 atom stereocenters. The Labute approximate surface area is 74.4 Å². The Hall–Kier alpha value is -1.64. The number of hydrogen-bond donors (Lipinski definition) is 1. The summed E-state index contributed by atoms with van der Waals surface area (Å²) in [6, 6.07) is 4.35. The zero-order valence-corrected chi connectivity index (χ0v) is 7.10. The van der Waals surface area contributed by atoms with Crippen molar-refractivity contribution in [2.75, 3.05) is 0 Å². The van der Waals surface area contributed by atoms with Crippen LogP contribution in [0, 0.1) is 5.82 Å². The molecule has 0 unspecified atom stereocenters. The van der Waals surface area contributed by atoms with Crippen LogP contribution >= 0.6 is 0 Å². The van der Waals surface area contributed by atoms with E-state index in [2.05, 4.69) is 4.98 Å².